The SMILES string of the molecule is NC(N)c1cccc(P(=O)(O)c2ccccc2)c1. The first-order valence-corrected chi connectivity index (χ1v) is 7.18. The molecule has 0 aromatic heterocycles. The van der Waals surface area contributed by atoms with Crippen LogP contribution >= 0.6 is 7.37 Å². The molecule has 5 N–H and O–H groups in total. The van der Waals surface area contributed by atoms with Crippen molar-refractivity contribution < 1.29 is 9.46 Å². The monoisotopic (exact) mass is 262 g/mol. The van der Waals surface area contributed by atoms with Crippen LogP contribution in [0.15, 0.2) is 54.6 Å². The van der Waals surface area contributed by atoms with Crippen LogP contribution in [0.4, 0.5) is 0 Å². The number of rotatable bonds is 3. The van der Waals surface area contributed by atoms with Gasteiger partial charge in [-0.25, -0.2) is 0 Å². The van der Waals surface area contributed by atoms with E-state index in [2.05, 4.69) is 0 Å². The Hall–Kier alpha value is -1.45. The first kappa shape index (κ1) is 13.0. The van der Waals surface area contributed by atoms with Crippen LogP contribution in [0.2, 0.25) is 0 Å². The largest absolute Gasteiger partial charge is 0.338 e. The van der Waals surface area contributed by atoms with E-state index in [-0.39, 0.29) is 0 Å². The minimum atomic E-state index is -3.58. The molecule has 4 nitrogen and oxygen atoms in total. The molecule has 2 rings (SSSR count). The van der Waals surface area contributed by atoms with Crippen molar-refractivity contribution in [2.24, 2.45) is 11.5 Å². The summed E-state index contributed by atoms with van der Waals surface area (Å²) in [5.41, 5.74) is 11.8. The molecule has 5 heteroatoms. The predicted molar refractivity (Wildman–Crippen MR) is 73.1 cm³/mol. The van der Waals surface area contributed by atoms with Gasteiger partial charge < -0.3 is 16.4 Å². The standard InChI is InChI=1S/C13H15N2O2P/c14-13(15)10-5-4-8-12(9-10)18(16,17)11-6-2-1-3-7-11/h1-9,13H,14-15H2,(H,16,17). The number of hydrogen-bond donors (Lipinski definition) is 3. The van der Waals surface area contributed by atoms with E-state index in [4.69, 9.17) is 11.5 Å². The van der Waals surface area contributed by atoms with Crippen molar-refractivity contribution >= 4 is 18.0 Å². The molecule has 2 aromatic carbocycles. The van der Waals surface area contributed by atoms with Gasteiger partial charge in [-0.3, -0.25) is 4.57 Å². The smallest absolute Gasteiger partial charge is 0.258 e. The molecule has 0 bridgehead atoms. The fourth-order valence-corrected chi connectivity index (χ4v) is 3.19. The summed E-state index contributed by atoms with van der Waals surface area (Å²) < 4.78 is 12.5. The van der Waals surface area contributed by atoms with E-state index in [1.54, 1.807) is 54.6 Å². The molecule has 18 heavy (non-hydrogen) atoms. The number of nitrogens with two attached hydrogens (primary N) is 2. The second-order valence-electron chi connectivity index (χ2n) is 4.03. The molecule has 0 saturated carbocycles. The van der Waals surface area contributed by atoms with Gasteiger partial charge in [-0.1, -0.05) is 30.3 Å². The minimum Gasteiger partial charge on any atom is -0.338 e. The van der Waals surface area contributed by atoms with Gasteiger partial charge in [-0.15, -0.1) is 0 Å². The second kappa shape index (κ2) is 5.04. The van der Waals surface area contributed by atoms with Crippen molar-refractivity contribution in [1.29, 1.82) is 0 Å². The van der Waals surface area contributed by atoms with Gasteiger partial charge >= 0.3 is 0 Å². The zero-order valence-corrected chi connectivity index (χ0v) is 10.6. The van der Waals surface area contributed by atoms with Gasteiger partial charge in [0.25, 0.3) is 7.37 Å². The number of hydrogen-bond acceptors (Lipinski definition) is 3. The summed E-state index contributed by atoms with van der Waals surface area (Å²) in [5, 5.41) is 0.736. The van der Waals surface area contributed by atoms with Gasteiger partial charge in [-0.2, -0.15) is 0 Å². The average molecular weight is 262 g/mol. The molecule has 2 aromatic rings. The van der Waals surface area contributed by atoms with E-state index in [1.165, 1.54) is 0 Å². The molecule has 0 fully saturated rings. The van der Waals surface area contributed by atoms with Crippen LogP contribution in [0, 0.1) is 0 Å². The topological polar surface area (TPSA) is 89.3 Å². The highest BCUT2D eigenvalue weighted by atomic mass is 31.2. The molecule has 0 radical (unpaired) electrons. The van der Waals surface area contributed by atoms with Crippen molar-refractivity contribution in [2.45, 2.75) is 6.17 Å². The lowest BCUT2D eigenvalue weighted by Crippen LogP contribution is -2.22. The van der Waals surface area contributed by atoms with Crippen LogP contribution in [-0.4, -0.2) is 4.89 Å². The molecule has 0 spiro atoms. The third-order valence-corrected chi connectivity index (χ3v) is 4.69. The maximum absolute atomic E-state index is 12.5. The molecular weight excluding hydrogens is 247 g/mol. The van der Waals surface area contributed by atoms with Crippen LogP contribution in [-0.2, 0) is 4.57 Å². The van der Waals surface area contributed by atoms with Crippen molar-refractivity contribution in [3.8, 4) is 0 Å². The van der Waals surface area contributed by atoms with Crippen molar-refractivity contribution in [3.05, 3.63) is 60.2 Å². The quantitative estimate of drug-likeness (QED) is 0.564. The average Bonchev–Trinajstić information content (AvgIpc) is 2.40. The zero-order chi connectivity index (χ0) is 13.2. The fraction of sp³-hybridized carbons (Fsp3) is 0.0769. The molecule has 94 valence electrons. The highest BCUT2D eigenvalue weighted by Gasteiger charge is 2.24. The summed E-state index contributed by atoms with van der Waals surface area (Å²) in [4.78, 5) is 10.2. The summed E-state index contributed by atoms with van der Waals surface area (Å²) in [6.07, 6.45) is -0.652. The second-order valence-corrected chi connectivity index (χ2v) is 6.22. The first-order valence-electron chi connectivity index (χ1n) is 5.52. The molecule has 0 aliphatic carbocycles. The van der Waals surface area contributed by atoms with Crippen LogP contribution in [0.3, 0.4) is 0 Å². The predicted octanol–water partition coefficient (Wildman–Crippen LogP) is 0.824. The maximum Gasteiger partial charge on any atom is 0.258 e. The van der Waals surface area contributed by atoms with Gasteiger partial charge in [0.2, 0.25) is 0 Å². The lowest BCUT2D eigenvalue weighted by atomic mass is 10.2. The lowest BCUT2D eigenvalue weighted by molar-refractivity contribution is 0.501. The third-order valence-electron chi connectivity index (χ3n) is 2.71. The molecule has 0 amide bonds. The molecular formula is C13H15N2O2P. The van der Waals surface area contributed by atoms with Gasteiger partial charge in [0.15, 0.2) is 0 Å². The summed E-state index contributed by atoms with van der Waals surface area (Å²) in [6.45, 7) is 0. The van der Waals surface area contributed by atoms with Crippen LogP contribution in [0.5, 0.6) is 0 Å². The van der Waals surface area contributed by atoms with E-state index < -0.39 is 13.5 Å². The van der Waals surface area contributed by atoms with E-state index >= 15 is 0 Å². The van der Waals surface area contributed by atoms with Gasteiger partial charge in [-0.05, 0) is 29.8 Å². The molecule has 1 atom stereocenters. The van der Waals surface area contributed by atoms with E-state index in [1.807, 2.05) is 0 Å². The Morgan fingerprint density at radius 2 is 1.56 bits per heavy atom. The Morgan fingerprint density at radius 3 is 2.17 bits per heavy atom. The zero-order valence-electron chi connectivity index (χ0n) is 9.73. The van der Waals surface area contributed by atoms with Gasteiger partial charge in [0.05, 0.1) is 6.17 Å². The van der Waals surface area contributed by atoms with Crippen LogP contribution in [0.25, 0.3) is 0 Å². The molecule has 0 aliphatic rings. The number of benzene rings is 2. The summed E-state index contributed by atoms with van der Waals surface area (Å²) in [7, 11) is -3.58. The van der Waals surface area contributed by atoms with Crippen molar-refractivity contribution in [3.63, 3.8) is 0 Å². The highest BCUT2D eigenvalue weighted by Crippen LogP contribution is 2.38. The third kappa shape index (κ3) is 2.52. The van der Waals surface area contributed by atoms with E-state index in [0.29, 0.717) is 16.2 Å². The van der Waals surface area contributed by atoms with E-state index in [0.717, 1.165) is 0 Å². The Bertz CT molecular complexity index is 585. The van der Waals surface area contributed by atoms with E-state index in [9.17, 15) is 9.46 Å². The molecule has 0 saturated heterocycles. The summed E-state index contributed by atoms with van der Waals surface area (Å²) in [5.74, 6) is 0. The minimum absolute atomic E-state index is 0.340. The van der Waals surface area contributed by atoms with Gasteiger partial charge in [0, 0.05) is 10.6 Å². The van der Waals surface area contributed by atoms with Gasteiger partial charge in [0.1, 0.15) is 0 Å². The summed E-state index contributed by atoms with van der Waals surface area (Å²) in [6, 6.07) is 15.1. The molecule has 1 unspecified atom stereocenters. The Labute approximate surface area is 106 Å². The Morgan fingerprint density at radius 1 is 0.944 bits per heavy atom. The lowest BCUT2D eigenvalue weighted by Gasteiger charge is -2.14. The first-order chi connectivity index (χ1) is 8.51. The normalized spacial score (nSPS) is 14.4. The highest BCUT2D eigenvalue weighted by molar-refractivity contribution is 7.73. The van der Waals surface area contributed by atoms with Crippen LogP contribution in [0.1, 0.15) is 11.7 Å². The van der Waals surface area contributed by atoms with Crippen molar-refractivity contribution in [1.82, 2.24) is 0 Å². The summed E-state index contributed by atoms with van der Waals surface area (Å²) >= 11 is 0. The Balaban J connectivity index is 2.48. The maximum atomic E-state index is 12.5. The molecule has 0 heterocycles. The molecule has 0 aliphatic heterocycles. The fourth-order valence-electron chi connectivity index (χ4n) is 1.70. The van der Waals surface area contributed by atoms with Crippen LogP contribution < -0.4 is 22.1 Å². The van der Waals surface area contributed by atoms with Crippen molar-refractivity contribution in [2.75, 3.05) is 0 Å². The Kier molecular flexibility index (Phi) is 3.64.